The first kappa shape index (κ1) is 13.1. The average Bonchev–Trinajstić information content (AvgIpc) is 2.44. The van der Waals surface area contributed by atoms with Crippen molar-refractivity contribution < 1.29 is 4.74 Å². The van der Waals surface area contributed by atoms with Gasteiger partial charge in [0.1, 0.15) is 0 Å². The number of nitrogens with zero attached hydrogens (tertiary/aromatic N) is 1. The van der Waals surface area contributed by atoms with Gasteiger partial charge < -0.3 is 4.74 Å². The van der Waals surface area contributed by atoms with E-state index in [-0.39, 0.29) is 5.41 Å². The van der Waals surface area contributed by atoms with Crippen molar-refractivity contribution in [1.29, 1.82) is 5.26 Å². The molecule has 0 saturated carbocycles. The van der Waals surface area contributed by atoms with Crippen LogP contribution >= 0.6 is 0 Å². The maximum Gasteiger partial charge on any atom is 0.0847 e. The van der Waals surface area contributed by atoms with Crippen molar-refractivity contribution in [2.75, 3.05) is 13.2 Å². The minimum atomic E-state index is -0.317. The lowest BCUT2D eigenvalue weighted by Gasteiger charge is -2.33. The lowest BCUT2D eigenvalue weighted by atomic mass is 9.69. The van der Waals surface area contributed by atoms with Crippen molar-refractivity contribution in [2.45, 2.75) is 44.4 Å². The molecule has 0 spiro atoms. The van der Waals surface area contributed by atoms with E-state index in [1.165, 1.54) is 11.1 Å². The molecule has 1 aromatic rings. The molecule has 0 bridgehead atoms. The van der Waals surface area contributed by atoms with Crippen LogP contribution in [0.15, 0.2) is 24.3 Å². The molecular formula is C16H21NO. The van der Waals surface area contributed by atoms with E-state index in [1.54, 1.807) is 0 Å². The zero-order chi connectivity index (χ0) is 12.8. The molecule has 0 amide bonds. The molecule has 1 atom stereocenters. The maximum atomic E-state index is 9.64. The molecule has 1 aliphatic carbocycles. The summed E-state index contributed by atoms with van der Waals surface area (Å²) in [4.78, 5) is 0. The summed E-state index contributed by atoms with van der Waals surface area (Å²) in [7, 11) is 0. The van der Waals surface area contributed by atoms with Crippen molar-refractivity contribution in [3.63, 3.8) is 0 Å². The highest BCUT2D eigenvalue weighted by atomic mass is 16.5. The molecule has 0 aliphatic heterocycles. The van der Waals surface area contributed by atoms with Crippen LogP contribution in [-0.4, -0.2) is 13.2 Å². The van der Waals surface area contributed by atoms with Crippen molar-refractivity contribution >= 4 is 0 Å². The van der Waals surface area contributed by atoms with Crippen molar-refractivity contribution in [1.82, 2.24) is 0 Å². The summed E-state index contributed by atoms with van der Waals surface area (Å²) in [6.07, 6.45) is 5.04. The Kier molecular flexibility index (Phi) is 4.38. The molecule has 0 heterocycles. The molecule has 0 radical (unpaired) electrons. The standard InChI is InChI=1S/C16H21NO/c1-2-11-18-12-10-16(13-17)9-5-7-14-6-3-4-8-15(14)16/h3-4,6,8H,2,5,7,9-12H2,1H3. The number of nitriles is 1. The molecular weight excluding hydrogens is 222 g/mol. The fourth-order valence-electron chi connectivity index (χ4n) is 2.84. The number of benzene rings is 1. The van der Waals surface area contributed by atoms with Gasteiger partial charge in [0.25, 0.3) is 0 Å². The molecule has 2 rings (SSSR count). The number of fused-ring (bicyclic) bond motifs is 1. The van der Waals surface area contributed by atoms with E-state index in [0.29, 0.717) is 6.61 Å². The Morgan fingerprint density at radius 3 is 2.94 bits per heavy atom. The first-order valence-corrected chi connectivity index (χ1v) is 6.90. The van der Waals surface area contributed by atoms with E-state index in [0.717, 1.165) is 38.7 Å². The summed E-state index contributed by atoms with van der Waals surface area (Å²) in [6, 6.07) is 11.0. The molecule has 1 aromatic carbocycles. The van der Waals surface area contributed by atoms with Gasteiger partial charge in [0.05, 0.1) is 11.5 Å². The van der Waals surface area contributed by atoms with Gasteiger partial charge in [-0.3, -0.25) is 0 Å². The fraction of sp³-hybridized carbons (Fsp3) is 0.562. The van der Waals surface area contributed by atoms with E-state index < -0.39 is 0 Å². The quantitative estimate of drug-likeness (QED) is 0.740. The average molecular weight is 243 g/mol. The molecule has 1 unspecified atom stereocenters. The van der Waals surface area contributed by atoms with Crippen LogP contribution in [-0.2, 0) is 16.6 Å². The van der Waals surface area contributed by atoms with Gasteiger partial charge in [-0.2, -0.15) is 5.26 Å². The van der Waals surface area contributed by atoms with E-state index in [2.05, 4.69) is 31.2 Å². The summed E-state index contributed by atoms with van der Waals surface area (Å²) in [5, 5.41) is 9.64. The van der Waals surface area contributed by atoms with Gasteiger partial charge in [-0.25, -0.2) is 0 Å². The highest BCUT2D eigenvalue weighted by Crippen LogP contribution is 2.39. The SMILES string of the molecule is CCCOCCC1(C#N)CCCc2ccccc21. The minimum Gasteiger partial charge on any atom is -0.381 e. The van der Waals surface area contributed by atoms with Gasteiger partial charge in [0, 0.05) is 13.2 Å². The van der Waals surface area contributed by atoms with Crippen molar-refractivity contribution in [3.05, 3.63) is 35.4 Å². The second-order valence-corrected chi connectivity index (χ2v) is 5.07. The minimum absolute atomic E-state index is 0.317. The predicted molar refractivity (Wildman–Crippen MR) is 72.4 cm³/mol. The second-order valence-electron chi connectivity index (χ2n) is 5.07. The normalized spacial score (nSPS) is 22.2. The van der Waals surface area contributed by atoms with Crippen molar-refractivity contribution in [2.24, 2.45) is 0 Å². The number of hydrogen-bond acceptors (Lipinski definition) is 2. The van der Waals surface area contributed by atoms with Crippen LogP contribution in [0.3, 0.4) is 0 Å². The van der Waals surface area contributed by atoms with Crippen LogP contribution in [0, 0.1) is 11.3 Å². The monoisotopic (exact) mass is 243 g/mol. The highest BCUT2D eigenvalue weighted by Gasteiger charge is 2.36. The second kappa shape index (κ2) is 6.02. The van der Waals surface area contributed by atoms with Gasteiger partial charge >= 0.3 is 0 Å². The van der Waals surface area contributed by atoms with Gasteiger partial charge in [0.15, 0.2) is 0 Å². The summed E-state index contributed by atoms with van der Waals surface area (Å²) in [5.41, 5.74) is 2.27. The molecule has 0 fully saturated rings. The Morgan fingerprint density at radius 1 is 1.33 bits per heavy atom. The zero-order valence-electron chi connectivity index (χ0n) is 11.1. The smallest absolute Gasteiger partial charge is 0.0847 e. The van der Waals surface area contributed by atoms with Crippen LogP contribution in [0.25, 0.3) is 0 Å². The highest BCUT2D eigenvalue weighted by molar-refractivity contribution is 5.41. The van der Waals surface area contributed by atoms with Crippen LogP contribution < -0.4 is 0 Å². The summed E-state index contributed by atoms with van der Waals surface area (Å²) in [5.74, 6) is 0. The van der Waals surface area contributed by atoms with Crippen LogP contribution in [0.1, 0.15) is 43.7 Å². The summed E-state index contributed by atoms with van der Waals surface area (Å²) in [6.45, 7) is 3.59. The Balaban J connectivity index is 2.15. The molecule has 0 aromatic heterocycles. The Morgan fingerprint density at radius 2 is 2.17 bits per heavy atom. The zero-order valence-corrected chi connectivity index (χ0v) is 11.1. The first-order chi connectivity index (χ1) is 8.82. The maximum absolute atomic E-state index is 9.64. The van der Waals surface area contributed by atoms with Gasteiger partial charge in [-0.05, 0) is 43.2 Å². The lowest BCUT2D eigenvalue weighted by Crippen LogP contribution is -2.30. The predicted octanol–water partition coefficient (Wildman–Crippen LogP) is 3.60. The first-order valence-electron chi connectivity index (χ1n) is 6.90. The summed E-state index contributed by atoms with van der Waals surface area (Å²) < 4.78 is 5.58. The molecule has 18 heavy (non-hydrogen) atoms. The molecule has 2 nitrogen and oxygen atoms in total. The lowest BCUT2D eigenvalue weighted by molar-refractivity contribution is 0.118. The summed E-state index contributed by atoms with van der Waals surface area (Å²) >= 11 is 0. The Hall–Kier alpha value is -1.33. The van der Waals surface area contributed by atoms with E-state index in [4.69, 9.17) is 4.74 Å². The Labute approximate surface area is 110 Å². The van der Waals surface area contributed by atoms with Gasteiger partial charge in [0.2, 0.25) is 0 Å². The third kappa shape index (κ3) is 2.57. The topological polar surface area (TPSA) is 33.0 Å². The molecule has 96 valence electrons. The van der Waals surface area contributed by atoms with Gasteiger partial charge in [-0.15, -0.1) is 0 Å². The molecule has 2 heteroatoms. The van der Waals surface area contributed by atoms with Gasteiger partial charge in [-0.1, -0.05) is 31.2 Å². The Bertz CT molecular complexity index is 435. The van der Waals surface area contributed by atoms with E-state index in [9.17, 15) is 5.26 Å². The molecule has 0 N–H and O–H groups in total. The molecule has 0 saturated heterocycles. The number of rotatable bonds is 5. The van der Waals surface area contributed by atoms with E-state index in [1.807, 2.05) is 6.07 Å². The number of hydrogen-bond donors (Lipinski definition) is 0. The fourth-order valence-corrected chi connectivity index (χ4v) is 2.84. The third-order valence-electron chi connectivity index (χ3n) is 3.82. The van der Waals surface area contributed by atoms with Crippen LogP contribution in [0.4, 0.5) is 0 Å². The number of ether oxygens (including phenoxy) is 1. The van der Waals surface area contributed by atoms with Crippen LogP contribution in [0.2, 0.25) is 0 Å². The third-order valence-corrected chi connectivity index (χ3v) is 3.82. The van der Waals surface area contributed by atoms with E-state index >= 15 is 0 Å². The van der Waals surface area contributed by atoms with Crippen molar-refractivity contribution in [3.8, 4) is 6.07 Å². The van der Waals surface area contributed by atoms with Crippen LogP contribution in [0.5, 0.6) is 0 Å². The number of aryl methyl sites for hydroxylation is 1. The molecule has 1 aliphatic rings. The largest absolute Gasteiger partial charge is 0.381 e.